The van der Waals surface area contributed by atoms with Crippen LogP contribution in [0.3, 0.4) is 0 Å². The van der Waals surface area contributed by atoms with Crippen LogP contribution in [-0.2, 0) is 15.8 Å². The first kappa shape index (κ1) is 21.0. The molecule has 0 bridgehead atoms. The number of amides is 2. The molecule has 0 saturated carbocycles. The first-order valence-corrected chi connectivity index (χ1v) is 11.4. The van der Waals surface area contributed by atoms with E-state index in [-0.39, 0.29) is 10.6 Å². The number of hydrogen-bond donors (Lipinski definition) is 1. The van der Waals surface area contributed by atoms with Gasteiger partial charge in [-0.05, 0) is 30.7 Å². The van der Waals surface area contributed by atoms with Crippen molar-refractivity contribution in [3.63, 3.8) is 0 Å². The molecule has 3 aromatic rings. The summed E-state index contributed by atoms with van der Waals surface area (Å²) in [6, 6.07) is 11.7. The van der Waals surface area contributed by atoms with Gasteiger partial charge in [-0.15, -0.1) is 0 Å². The predicted molar refractivity (Wildman–Crippen MR) is 115 cm³/mol. The summed E-state index contributed by atoms with van der Waals surface area (Å²) in [6.07, 6.45) is -4.60. The lowest BCUT2D eigenvalue weighted by molar-refractivity contribution is -0.137. The highest BCUT2D eigenvalue weighted by Gasteiger charge is 2.56. The Morgan fingerprint density at radius 3 is 2.41 bits per heavy atom. The molecule has 0 aliphatic carbocycles. The van der Waals surface area contributed by atoms with Crippen LogP contribution in [0.4, 0.5) is 18.9 Å². The molecule has 1 N–H and O–H groups in total. The average molecular weight is 477 g/mol. The van der Waals surface area contributed by atoms with Crippen LogP contribution in [0.25, 0.3) is 0 Å². The topological polar surface area (TPSA) is 70.2 Å². The summed E-state index contributed by atoms with van der Waals surface area (Å²) in [5, 5.41) is -0.319. The summed E-state index contributed by atoms with van der Waals surface area (Å²) in [7, 11) is 0. The largest absolute Gasteiger partial charge is 0.416 e. The van der Waals surface area contributed by atoms with E-state index >= 15 is 0 Å². The fraction of sp³-hybridized carbons (Fsp3) is 0.227. The van der Waals surface area contributed by atoms with Crippen LogP contribution in [0.5, 0.6) is 0 Å². The lowest BCUT2D eigenvalue weighted by atomic mass is 9.83. The smallest absolute Gasteiger partial charge is 0.307 e. The molecule has 2 aliphatic heterocycles. The van der Waals surface area contributed by atoms with E-state index in [9.17, 15) is 27.6 Å². The number of carbonyl (C=O) groups is 2. The maximum atomic E-state index is 13.5. The van der Waals surface area contributed by atoms with Crippen molar-refractivity contribution >= 4 is 40.6 Å². The van der Waals surface area contributed by atoms with Crippen LogP contribution >= 0.6 is 23.1 Å². The fourth-order valence-electron chi connectivity index (χ4n) is 4.23. The molecular weight excluding hydrogens is 461 g/mol. The van der Waals surface area contributed by atoms with Crippen LogP contribution < -0.4 is 9.77 Å². The highest BCUT2D eigenvalue weighted by Crippen LogP contribution is 2.53. The highest BCUT2D eigenvalue weighted by atomic mass is 32.2. The second-order valence-electron chi connectivity index (χ2n) is 7.72. The van der Waals surface area contributed by atoms with Gasteiger partial charge in [0, 0.05) is 10.8 Å². The first-order chi connectivity index (χ1) is 15.1. The molecule has 164 valence electrons. The third-order valence-corrected chi connectivity index (χ3v) is 8.09. The summed E-state index contributed by atoms with van der Waals surface area (Å²) in [5.74, 6) is -2.53. The molecule has 1 saturated heterocycles. The summed E-state index contributed by atoms with van der Waals surface area (Å²) in [4.78, 5) is 42.8. The SMILES string of the molecule is Cc1ccc([C@@H]2c3sc(=O)[nH]c3S[C@H]3C(=O)N(c4cccc(C(F)(F)F)c4)C(=O)[C@H]23)cc1. The quantitative estimate of drug-likeness (QED) is 0.551. The Morgan fingerprint density at radius 1 is 1.00 bits per heavy atom. The summed E-state index contributed by atoms with van der Waals surface area (Å²) in [6.45, 7) is 1.92. The number of nitrogens with zero attached hydrogens (tertiary/aromatic N) is 1. The van der Waals surface area contributed by atoms with E-state index in [4.69, 9.17) is 0 Å². The van der Waals surface area contributed by atoms with Crippen molar-refractivity contribution in [1.82, 2.24) is 4.98 Å². The zero-order chi connectivity index (χ0) is 22.8. The number of H-pyrrole nitrogens is 1. The third-order valence-electron chi connectivity index (χ3n) is 5.69. The molecule has 2 amide bonds. The number of anilines is 1. The number of alkyl halides is 3. The molecule has 10 heteroatoms. The van der Waals surface area contributed by atoms with Gasteiger partial charge in [0.15, 0.2) is 0 Å². The van der Waals surface area contributed by atoms with Crippen molar-refractivity contribution in [3.8, 4) is 0 Å². The summed E-state index contributed by atoms with van der Waals surface area (Å²) in [5.41, 5.74) is 0.743. The Balaban J connectivity index is 1.62. The van der Waals surface area contributed by atoms with Crippen LogP contribution in [0.2, 0.25) is 0 Å². The van der Waals surface area contributed by atoms with Crippen molar-refractivity contribution in [2.24, 2.45) is 5.92 Å². The lowest BCUT2D eigenvalue weighted by Crippen LogP contribution is -2.32. The number of thiazole rings is 1. The number of fused-ring (bicyclic) bond motifs is 2. The van der Waals surface area contributed by atoms with Gasteiger partial charge in [0.25, 0.3) is 0 Å². The number of aromatic nitrogens is 1. The molecule has 0 unspecified atom stereocenters. The maximum absolute atomic E-state index is 13.5. The third kappa shape index (κ3) is 3.29. The van der Waals surface area contributed by atoms with Gasteiger partial charge in [-0.1, -0.05) is 59.0 Å². The van der Waals surface area contributed by atoms with Crippen LogP contribution in [0, 0.1) is 12.8 Å². The number of halogens is 3. The molecule has 3 heterocycles. The molecule has 0 spiro atoms. The van der Waals surface area contributed by atoms with E-state index in [1.165, 1.54) is 12.1 Å². The van der Waals surface area contributed by atoms with Crippen molar-refractivity contribution in [1.29, 1.82) is 0 Å². The molecule has 1 aromatic heterocycles. The van der Waals surface area contributed by atoms with Crippen LogP contribution in [0.15, 0.2) is 58.4 Å². The van der Waals surface area contributed by atoms with Gasteiger partial charge in [0.1, 0.15) is 5.25 Å². The number of aromatic amines is 1. The monoisotopic (exact) mass is 476 g/mol. The Morgan fingerprint density at radius 2 is 1.72 bits per heavy atom. The molecular formula is C22H15F3N2O3S2. The number of rotatable bonds is 2. The normalized spacial score (nSPS) is 22.8. The Labute approximate surface area is 188 Å². The second-order valence-corrected chi connectivity index (χ2v) is 9.89. The van der Waals surface area contributed by atoms with E-state index in [0.717, 1.165) is 51.3 Å². The molecule has 5 nitrogen and oxygen atoms in total. The van der Waals surface area contributed by atoms with E-state index in [2.05, 4.69) is 4.98 Å². The van der Waals surface area contributed by atoms with Crippen molar-refractivity contribution in [3.05, 3.63) is 79.8 Å². The van der Waals surface area contributed by atoms with Crippen molar-refractivity contribution in [2.75, 3.05) is 4.90 Å². The van der Waals surface area contributed by atoms with Crippen molar-refractivity contribution in [2.45, 2.75) is 29.3 Å². The minimum Gasteiger partial charge on any atom is -0.307 e. The molecule has 0 radical (unpaired) electrons. The van der Waals surface area contributed by atoms with Gasteiger partial charge in [-0.3, -0.25) is 14.4 Å². The number of hydrogen-bond acceptors (Lipinski definition) is 5. The average Bonchev–Trinajstić information content (AvgIpc) is 3.23. The van der Waals surface area contributed by atoms with E-state index in [1.54, 1.807) is 0 Å². The molecule has 3 atom stereocenters. The molecule has 32 heavy (non-hydrogen) atoms. The zero-order valence-electron chi connectivity index (χ0n) is 16.5. The minimum absolute atomic E-state index is 0.107. The number of carbonyl (C=O) groups excluding carboxylic acids is 2. The number of thioether (sulfide) groups is 1. The highest BCUT2D eigenvalue weighted by molar-refractivity contribution is 8.00. The van der Waals surface area contributed by atoms with E-state index < -0.39 is 40.6 Å². The Kier molecular flexibility index (Phi) is 4.82. The van der Waals surface area contributed by atoms with E-state index in [1.807, 2.05) is 31.2 Å². The first-order valence-electron chi connectivity index (χ1n) is 9.66. The van der Waals surface area contributed by atoms with Crippen LogP contribution in [0.1, 0.15) is 27.5 Å². The molecule has 1 fully saturated rings. The van der Waals surface area contributed by atoms with Crippen LogP contribution in [-0.4, -0.2) is 22.0 Å². The molecule has 2 aliphatic rings. The number of imide groups is 1. The van der Waals surface area contributed by atoms with Gasteiger partial charge in [0.2, 0.25) is 11.8 Å². The second kappa shape index (κ2) is 7.35. The van der Waals surface area contributed by atoms with Gasteiger partial charge >= 0.3 is 11.0 Å². The summed E-state index contributed by atoms with van der Waals surface area (Å²) < 4.78 is 39.6. The molecule has 2 aromatic carbocycles. The minimum atomic E-state index is -4.60. The van der Waals surface area contributed by atoms with Gasteiger partial charge in [0.05, 0.1) is 22.2 Å². The van der Waals surface area contributed by atoms with Gasteiger partial charge < -0.3 is 4.98 Å². The van der Waals surface area contributed by atoms with Gasteiger partial charge in [-0.2, -0.15) is 13.2 Å². The molecule has 5 rings (SSSR count). The Hall–Kier alpha value is -2.85. The summed E-state index contributed by atoms with van der Waals surface area (Å²) >= 11 is 2.08. The fourth-order valence-corrected chi connectivity index (χ4v) is 6.74. The van der Waals surface area contributed by atoms with Crippen molar-refractivity contribution < 1.29 is 22.8 Å². The number of nitrogens with one attached hydrogen (secondary N) is 1. The number of aryl methyl sites for hydroxylation is 1. The standard InChI is InChI=1S/C22H15F3N2O3S2/c1-10-5-7-11(8-6-10)14-15-17(31-18-16(14)32-21(30)26-18)20(29)27(19(15)28)13-4-2-3-12(9-13)22(23,24)25/h2-9,14-15,17H,1H3,(H,26,30)/t14-,15+,17+/m0/s1. The van der Waals surface area contributed by atoms with E-state index in [0.29, 0.717) is 9.90 Å². The zero-order valence-corrected chi connectivity index (χ0v) is 18.1. The lowest BCUT2D eigenvalue weighted by Gasteiger charge is -2.29. The van der Waals surface area contributed by atoms with Gasteiger partial charge in [-0.25, -0.2) is 4.90 Å². The maximum Gasteiger partial charge on any atom is 0.416 e. The predicted octanol–water partition coefficient (Wildman–Crippen LogP) is 4.56. The Bertz CT molecular complexity index is 1300. The number of benzene rings is 2.